The number of piperidine rings is 1. The summed E-state index contributed by atoms with van der Waals surface area (Å²) in [5.74, 6) is 0. The maximum Gasteiger partial charge on any atom is 0.0415 e. The molecule has 3 nitrogen and oxygen atoms in total. The van der Waals surface area contributed by atoms with Crippen LogP contribution in [-0.2, 0) is 6.54 Å². The van der Waals surface area contributed by atoms with Crippen LogP contribution in [0.4, 0.5) is 11.4 Å². The highest BCUT2D eigenvalue weighted by Crippen LogP contribution is 2.22. The first-order valence-corrected chi connectivity index (χ1v) is 7.12. The molecule has 2 heterocycles. The van der Waals surface area contributed by atoms with Crippen molar-refractivity contribution in [1.82, 2.24) is 4.98 Å². The van der Waals surface area contributed by atoms with Crippen molar-refractivity contribution in [3.63, 3.8) is 0 Å². The van der Waals surface area contributed by atoms with Crippen LogP contribution in [0.1, 0.15) is 24.8 Å². The lowest BCUT2D eigenvalue weighted by Crippen LogP contribution is -2.29. The molecule has 2 aromatic rings. The van der Waals surface area contributed by atoms with E-state index in [0.717, 1.165) is 6.54 Å². The maximum atomic E-state index is 3.44. The minimum atomic E-state index is 0.868. The van der Waals surface area contributed by atoms with Crippen molar-refractivity contribution in [2.45, 2.75) is 25.8 Å². The highest BCUT2D eigenvalue weighted by molar-refractivity contribution is 5.55. The molecular weight excluding hydrogens is 234 g/mol. The molecule has 0 bridgehead atoms. The molecule has 0 aliphatic carbocycles. The van der Waals surface area contributed by atoms with Gasteiger partial charge in [0.05, 0.1) is 0 Å². The fraction of sp³-hybridized carbons (Fsp3) is 0.375. The Labute approximate surface area is 114 Å². The number of nitrogens with zero attached hydrogens (tertiary/aromatic N) is 1. The summed E-state index contributed by atoms with van der Waals surface area (Å²) in [5.41, 5.74) is 3.81. The van der Waals surface area contributed by atoms with Crippen LogP contribution in [0.2, 0.25) is 0 Å². The van der Waals surface area contributed by atoms with Crippen molar-refractivity contribution >= 4 is 11.4 Å². The fourth-order valence-corrected chi connectivity index (χ4v) is 2.61. The number of hydrogen-bond acceptors (Lipinski definition) is 2. The molecule has 3 rings (SSSR count). The van der Waals surface area contributed by atoms with E-state index < -0.39 is 0 Å². The van der Waals surface area contributed by atoms with E-state index in [1.54, 1.807) is 0 Å². The van der Waals surface area contributed by atoms with Gasteiger partial charge in [-0.15, -0.1) is 0 Å². The number of nitrogens with one attached hydrogen (secondary N) is 2. The molecule has 0 radical (unpaired) electrons. The smallest absolute Gasteiger partial charge is 0.0415 e. The van der Waals surface area contributed by atoms with E-state index in [-0.39, 0.29) is 0 Å². The Morgan fingerprint density at radius 3 is 2.47 bits per heavy atom. The summed E-state index contributed by atoms with van der Waals surface area (Å²) in [6.45, 7) is 3.28. The van der Waals surface area contributed by atoms with Crippen LogP contribution in [0, 0.1) is 0 Å². The topological polar surface area (TPSA) is 31.1 Å². The van der Waals surface area contributed by atoms with Gasteiger partial charge in [-0.05, 0) is 55.2 Å². The molecule has 3 heteroatoms. The Morgan fingerprint density at radius 2 is 1.79 bits per heavy atom. The summed E-state index contributed by atoms with van der Waals surface area (Å²) in [5, 5.41) is 3.44. The lowest BCUT2D eigenvalue weighted by Gasteiger charge is -2.28. The van der Waals surface area contributed by atoms with Gasteiger partial charge in [0.25, 0.3) is 0 Å². The zero-order valence-electron chi connectivity index (χ0n) is 11.2. The summed E-state index contributed by atoms with van der Waals surface area (Å²) < 4.78 is 0. The standard InChI is InChI=1S/C16H21N3/c1-2-10-19(11-3-1)16-6-4-15(5-7-16)18-13-14-8-9-17-12-14/h4-9,12,17-18H,1-3,10-11,13H2. The van der Waals surface area contributed by atoms with Gasteiger partial charge in [-0.3, -0.25) is 0 Å². The molecule has 1 aromatic carbocycles. The number of H-pyrrole nitrogens is 1. The van der Waals surface area contributed by atoms with Gasteiger partial charge < -0.3 is 15.2 Å². The zero-order valence-corrected chi connectivity index (χ0v) is 11.2. The first-order chi connectivity index (χ1) is 9.42. The van der Waals surface area contributed by atoms with Gasteiger partial charge >= 0.3 is 0 Å². The van der Waals surface area contributed by atoms with Crippen molar-refractivity contribution in [2.75, 3.05) is 23.3 Å². The second kappa shape index (κ2) is 5.83. The van der Waals surface area contributed by atoms with Gasteiger partial charge in [0.2, 0.25) is 0 Å². The van der Waals surface area contributed by atoms with Crippen LogP contribution in [0.25, 0.3) is 0 Å². The normalized spacial score (nSPS) is 15.5. The molecule has 1 aliphatic rings. The number of benzene rings is 1. The second-order valence-electron chi connectivity index (χ2n) is 5.17. The molecule has 2 N–H and O–H groups in total. The van der Waals surface area contributed by atoms with Crippen molar-refractivity contribution in [3.8, 4) is 0 Å². The highest BCUT2D eigenvalue weighted by atomic mass is 15.1. The monoisotopic (exact) mass is 255 g/mol. The van der Waals surface area contributed by atoms with E-state index in [1.165, 1.54) is 49.3 Å². The number of hydrogen-bond donors (Lipinski definition) is 2. The molecule has 1 aromatic heterocycles. The summed E-state index contributed by atoms with van der Waals surface area (Å²) in [4.78, 5) is 5.56. The van der Waals surface area contributed by atoms with Gasteiger partial charge in [-0.2, -0.15) is 0 Å². The molecule has 100 valence electrons. The average Bonchev–Trinajstić information content (AvgIpc) is 3.00. The van der Waals surface area contributed by atoms with Crippen LogP contribution >= 0.6 is 0 Å². The number of aromatic nitrogens is 1. The highest BCUT2D eigenvalue weighted by Gasteiger charge is 2.10. The number of rotatable bonds is 4. The third kappa shape index (κ3) is 3.11. The molecule has 0 amide bonds. The van der Waals surface area contributed by atoms with Gasteiger partial charge in [0.1, 0.15) is 0 Å². The van der Waals surface area contributed by atoms with Crippen LogP contribution in [0.3, 0.4) is 0 Å². The molecule has 0 spiro atoms. The third-order valence-electron chi connectivity index (χ3n) is 3.75. The predicted molar refractivity (Wildman–Crippen MR) is 80.6 cm³/mol. The first kappa shape index (κ1) is 12.2. The van der Waals surface area contributed by atoms with E-state index in [0.29, 0.717) is 0 Å². The van der Waals surface area contributed by atoms with E-state index in [4.69, 9.17) is 0 Å². The Kier molecular flexibility index (Phi) is 3.73. The molecule has 1 aliphatic heterocycles. The summed E-state index contributed by atoms with van der Waals surface area (Å²) >= 11 is 0. The lowest BCUT2D eigenvalue weighted by molar-refractivity contribution is 0.578. The Hall–Kier alpha value is -1.90. The van der Waals surface area contributed by atoms with Crippen LogP contribution in [0.15, 0.2) is 42.7 Å². The van der Waals surface area contributed by atoms with Crippen molar-refractivity contribution in [3.05, 3.63) is 48.3 Å². The van der Waals surface area contributed by atoms with Crippen LogP contribution in [-0.4, -0.2) is 18.1 Å². The summed E-state index contributed by atoms with van der Waals surface area (Å²) in [7, 11) is 0. The third-order valence-corrected chi connectivity index (χ3v) is 3.75. The molecule has 1 saturated heterocycles. The van der Waals surface area contributed by atoms with Gasteiger partial charge in [0.15, 0.2) is 0 Å². The number of aromatic amines is 1. The SMILES string of the molecule is c1cc(CNc2ccc(N3CCCCC3)cc2)c[nH]1. The molecule has 0 atom stereocenters. The largest absolute Gasteiger partial charge is 0.381 e. The summed E-state index contributed by atoms with van der Waals surface area (Å²) in [6.07, 6.45) is 8.01. The van der Waals surface area contributed by atoms with Crippen molar-refractivity contribution in [2.24, 2.45) is 0 Å². The Morgan fingerprint density at radius 1 is 1.00 bits per heavy atom. The molecule has 0 unspecified atom stereocenters. The molecule has 19 heavy (non-hydrogen) atoms. The molecule has 0 saturated carbocycles. The Bertz CT molecular complexity index is 481. The zero-order chi connectivity index (χ0) is 12.9. The quantitative estimate of drug-likeness (QED) is 0.874. The molecule has 1 fully saturated rings. The van der Waals surface area contributed by atoms with Gasteiger partial charge in [0, 0.05) is 43.4 Å². The fourth-order valence-electron chi connectivity index (χ4n) is 2.61. The molecular formula is C16H21N3. The van der Waals surface area contributed by atoms with E-state index in [9.17, 15) is 0 Å². The van der Waals surface area contributed by atoms with E-state index in [1.807, 2.05) is 12.4 Å². The van der Waals surface area contributed by atoms with Gasteiger partial charge in [-0.25, -0.2) is 0 Å². The van der Waals surface area contributed by atoms with Crippen LogP contribution < -0.4 is 10.2 Å². The van der Waals surface area contributed by atoms with E-state index in [2.05, 4.69) is 45.5 Å². The average molecular weight is 255 g/mol. The predicted octanol–water partition coefficient (Wildman–Crippen LogP) is 3.62. The lowest BCUT2D eigenvalue weighted by atomic mass is 10.1. The minimum Gasteiger partial charge on any atom is -0.381 e. The van der Waals surface area contributed by atoms with Crippen molar-refractivity contribution < 1.29 is 0 Å². The van der Waals surface area contributed by atoms with Crippen LogP contribution in [0.5, 0.6) is 0 Å². The number of anilines is 2. The second-order valence-corrected chi connectivity index (χ2v) is 5.17. The first-order valence-electron chi connectivity index (χ1n) is 7.12. The van der Waals surface area contributed by atoms with E-state index >= 15 is 0 Å². The Balaban J connectivity index is 1.58. The maximum absolute atomic E-state index is 3.44. The van der Waals surface area contributed by atoms with Crippen molar-refractivity contribution in [1.29, 1.82) is 0 Å². The minimum absolute atomic E-state index is 0.868. The summed E-state index contributed by atoms with van der Waals surface area (Å²) in [6, 6.07) is 10.9. The van der Waals surface area contributed by atoms with Gasteiger partial charge in [-0.1, -0.05) is 0 Å².